The third-order valence-corrected chi connectivity index (χ3v) is 8.39. The van der Waals surface area contributed by atoms with Gasteiger partial charge in [0.2, 0.25) is 0 Å². The van der Waals surface area contributed by atoms with Crippen molar-refractivity contribution in [3.63, 3.8) is 0 Å². The van der Waals surface area contributed by atoms with Gasteiger partial charge < -0.3 is 30.1 Å². The van der Waals surface area contributed by atoms with Gasteiger partial charge in [0.25, 0.3) is 0 Å². The number of carboxylic acids is 2. The van der Waals surface area contributed by atoms with Crippen LogP contribution in [0.25, 0.3) is 41.4 Å². The van der Waals surface area contributed by atoms with E-state index in [0.29, 0.717) is 38.8 Å². The van der Waals surface area contributed by atoms with Crippen molar-refractivity contribution in [1.29, 1.82) is 0 Å². The van der Waals surface area contributed by atoms with Gasteiger partial charge in [0.05, 0.1) is 0 Å². The molecular weight excluding hydrogens is 648 g/mol. The predicted octanol–water partition coefficient (Wildman–Crippen LogP) is 0.258. The van der Waals surface area contributed by atoms with E-state index in [-0.39, 0.29) is 29.9 Å². The van der Waals surface area contributed by atoms with Crippen molar-refractivity contribution in [3.8, 4) is 0 Å². The number of rotatable bonds is 6. The van der Waals surface area contributed by atoms with Crippen molar-refractivity contribution in [3.05, 3.63) is 94.1 Å². The van der Waals surface area contributed by atoms with Crippen molar-refractivity contribution >= 4 is 78.6 Å². The molecule has 8 nitrogen and oxygen atoms in total. The van der Waals surface area contributed by atoms with E-state index in [1.807, 2.05) is 58.9 Å². The zero-order valence-electron chi connectivity index (χ0n) is 25.4. The summed E-state index contributed by atoms with van der Waals surface area (Å²) in [6.07, 6.45) is 12.4. The first-order valence-electron chi connectivity index (χ1n) is 14.1. The zero-order chi connectivity index (χ0) is 31.9. The fourth-order valence-electron chi connectivity index (χ4n) is 5.67. The topological polar surface area (TPSA) is 131 Å². The minimum atomic E-state index is -1.08. The molecule has 0 aromatic carbocycles. The van der Waals surface area contributed by atoms with E-state index in [9.17, 15) is 19.8 Å². The summed E-state index contributed by atoms with van der Waals surface area (Å²) >= 11 is 9.14. The summed E-state index contributed by atoms with van der Waals surface area (Å²) in [4.78, 5) is 43.7. The van der Waals surface area contributed by atoms with E-state index in [4.69, 9.17) is 32.6 Å². The summed E-state index contributed by atoms with van der Waals surface area (Å²) in [5.74, 6) is -1.48. The Morgan fingerprint density at radius 2 is 1.38 bits per heavy atom. The minimum Gasteiger partial charge on any atom is -0.657 e. The van der Waals surface area contributed by atoms with Gasteiger partial charge in [0.1, 0.15) is 0 Å². The van der Waals surface area contributed by atoms with E-state index in [2.05, 4.69) is 12.6 Å². The fourth-order valence-corrected chi connectivity index (χ4v) is 6.13. The SMILES string of the molecule is C/C(S)=c1/c(C)c2[n-]/c1=C\c1[n-]c(/c(=C/CS)c1C)=C\c1[n-]c(c(/C=C/C(=O)O)c1C)/C=c1\[n-]/c(c(C)c1CCC(=O)O)=C\2.[Fe+4]. The Hall–Kier alpha value is -3.76. The maximum Gasteiger partial charge on any atom is 4.00 e. The van der Waals surface area contributed by atoms with Crippen LogP contribution in [0.1, 0.15) is 69.5 Å². The Labute approximate surface area is 281 Å². The first-order chi connectivity index (χ1) is 20.9. The van der Waals surface area contributed by atoms with Crippen LogP contribution in [-0.4, -0.2) is 27.9 Å². The number of carboxylic acid groups (broad SMARTS) is 2. The van der Waals surface area contributed by atoms with Crippen molar-refractivity contribution in [2.75, 3.05) is 5.75 Å². The Morgan fingerprint density at radius 1 is 0.778 bits per heavy atom. The maximum atomic E-state index is 11.6. The quantitative estimate of drug-likeness (QED) is 0.114. The molecule has 232 valence electrons. The molecule has 8 bridgehead atoms. The van der Waals surface area contributed by atoms with Gasteiger partial charge in [0.15, 0.2) is 0 Å². The Bertz CT molecular complexity index is 2240. The monoisotopic (exact) mass is 680 g/mol. The van der Waals surface area contributed by atoms with Gasteiger partial charge >= 0.3 is 29.0 Å². The minimum absolute atomic E-state index is 0. The Kier molecular flexibility index (Phi) is 10.4. The van der Waals surface area contributed by atoms with Crippen molar-refractivity contribution in [2.45, 2.75) is 47.5 Å². The second kappa shape index (κ2) is 13.7. The van der Waals surface area contributed by atoms with Crippen LogP contribution in [0.5, 0.6) is 0 Å². The van der Waals surface area contributed by atoms with Gasteiger partial charge in [-0.25, -0.2) is 4.79 Å². The van der Waals surface area contributed by atoms with Crippen LogP contribution < -0.4 is 51.8 Å². The number of fused-ring (bicyclic) bond motifs is 8. The third kappa shape index (κ3) is 6.77. The molecule has 45 heavy (non-hydrogen) atoms. The van der Waals surface area contributed by atoms with Gasteiger partial charge in [-0.3, -0.25) is 4.79 Å². The number of aromatic nitrogens is 4. The molecule has 5 rings (SSSR count). The van der Waals surface area contributed by atoms with Crippen molar-refractivity contribution in [2.24, 2.45) is 0 Å². The smallest absolute Gasteiger partial charge is 0.657 e. The fraction of sp³-hybridized carbons (Fsp3) is 0.235. The summed E-state index contributed by atoms with van der Waals surface area (Å²) in [6.45, 7) is 9.76. The first kappa shape index (κ1) is 34.1. The van der Waals surface area contributed by atoms with Gasteiger partial charge in [-0.05, 0) is 68.0 Å². The van der Waals surface area contributed by atoms with Crippen LogP contribution in [0.4, 0.5) is 0 Å². The Morgan fingerprint density at radius 3 is 2.02 bits per heavy atom. The van der Waals surface area contributed by atoms with Gasteiger partial charge in [-0.1, -0.05) is 58.2 Å². The molecule has 1 aliphatic heterocycles. The molecule has 0 unspecified atom stereocenters. The average molecular weight is 681 g/mol. The molecule has 0 spiro atoms. The molecule has 0 saturated carbocycles. The normalized spacial score (nSPS) is 16.5. The maximum absolute atomic E-state index is 11.6. The largest absolute Gasteiger partial charge is 4.00 e. The second-order valence-corrected chi connectivity index (χ2v) is 11.9. The first-order valence-corrected chi connectivity index (χ1v) is 15.1. The van der Waals surface area contributed by atoms with E-state index in [1.165, 1.54) is 6.08 Å². The van der Waals surface area contributed by atoms with Crippen LogP contribution in [0.2, 0.25) is 0 Å². The summed E-state index contributed by atoms with van der Waals surface area (Å²) in [6, 6.07) is 0. The summed E-state index contributed by atoms with van der Waals surface area (Å²) in [7, 11) is 0. The molecule has 4 aromatic rings. The standard InChI is InChI=1S/C34H32N4O4S2.Fe/c1-16-21(6-8-32(39)40)29-15-30-22(7-9-33(41)42)17(2)25(36-30)13-28-23(10-11-43)18(3)26(37-28)14-31-34(20(5)44)19(4)27(38-31)12-24(16)35-29;/h7,9-10,12-15,43-44H,6,8,11H2,1-5H3,(H,39,40)(H,41,42);/q-4;+4/b9-7+,23-10+,24-12-,28-13-,29-15-,31-14-,34-20+;. The van der Waals surface area contributed by atoms with E-state index < -0.39 is 11.9 Å². The molecule has 5 heterocycles. The van der Waals surface area contributed by atoms with Crippen molar-refractivity contribution in [1.82, 2.24) is 19.9 Å². The Balaban J connectivity index is 0.00000461. The average Bonchev–Trinajstić information content (AvgIpc) is 3.61. The molecule has 0 amide bonds. The molecule has 0 saturated heterocycles. The second-order valence-electron chi connectivity index (χ2n) is 10.8. The molecule has 11 heteroatoms. The summed E-state index contributed by atoms with van der Waals surface area (Å²) < 4.78 is 0. The van der Waals surface area contributed by atoms with Crippen LogP contribution in [0.3, 0.4) is 0 Å². The number of hydrogen-bond acceptors (Lipinski definition) is 4. The number of nitrogens with zero attached hydrogens (tertiary/aromatic N) is 4. The molecule has 0 atom stereocenters. The van der Waals surface area contributed by atoms with Gasteiger partial charge in [0, 0.05) is 18.2 Å². The molecule has 4 aromatic heterocycles. The van der Waals surface area contributed by atoms with E-state index >= 15 is 0 Å². The number of thiol groups is 2. The van der Waals surface area contributed by atoms with Gasteiger partial charge in [-0.2, -0.15) is 12.6 Å². The van der Waals surface area contributed by atoms with Crippen LogP contribution in [0.15, 0.2) is 6.08 Å². The number of hydrogen-bond donors (Lipinski definition) is 4. The summed E-state index contributed by atoms with van der Waals surface area (Å²) in [5.41, 5.74) is 7.65. The molecule has 0 fully saturated rings. The zero-order valence-corrected chi connectivity index (χ0v) is 28.3. The number of carbonyl (C=O) groups is 2. The van der Waals surface area contributed by atoms with Crippen LogP contribution in [0, 0.1) is 27.7 Å². The summed E-state index contributed by atoms with van der Waals surface area (Å²) in [5, 5.41) is 23.4. The predicted molar refractivity (Wildman–Crippen MR) is 179 cm³/mol. The molecule has 0 radical (unpaired) electrons. The number of aliphatic carboxylic acids is 2. The molecule has 2 N–H and O–H groups in total. The molecule has 1 aliphatic rings. The van der Waals surface area contributed by atoms with E-state index in [1.54, 1.807) is 6.08 Å². The van der Waals surface area contributed by atoms with Crippen LogP contribution >= 0.6 is 25.3 Å². The molecule has 0 aliphatic carbocycles. The van der Waals surface area contributed by atoms with Gasteiger partial charge in [-0.15, -0.1) is 56.8 Å². The van der Waals surface area contributed by atoms with E-state index in [0.717, 1.165) is 66.0 Å². The van der Waals surface area contributed by atoms with Crippen molar-refractivity contribution < 1.29 is 36.9 Å². The third-order valence-electron chi connectivity index (χ3n) is 7.99. The van der Waals surface area contributed by atoms with Crippen LogP contribution in [-0.2, 0) is 33.1 Å². The molecular formula is C34H32FeN4O4S2.